The summed E-state index contributed by atoms with van der Waals surface area (Å²) in [6.07, 6.45) is 1.41. The van der Waals surface area contributed by atoms with Crippen molar-refractivity contribution < 1.29 is 14.3 Å². The van der Waals surface area contributed by atoms with Crippen molar-refractivity contribution >= 4 is 5.97 Å². The van der Waals surface area contributed by atoms with Crippen LogP contribution in [-0.4, -0.2) is 32.3 Å². The molecule has 0 aliphatic rings. The quantitative estimate of drug-likeness (QED) is 0.466. The lowest BCUT2D eigenvalue weighted by Gasteiger charge is -2.09. The van der Waals surface area contributed by atoms with E-state index in [1.807, 2.05) is 0 Å². The van der Waals surface area contributed by atoms with Gasteiger partial charge in [-0.05, 0) is 19.8 Å². The van der Waals surface area contributed by atoms with E-state index in [1.165, 1.54) is 0 Å². The van der Waals surface area contributed by atoms with Crippen LogP contribution in [0, 0.1) is 0 Å². The van der Waals surface area contributed by atoms with E-state index in [9.17, 15) is 4.79 Å². The number of nitrogens with two attached hydrogens (primary N) is 1. The summed E-state index contributed by atoms with van der Waals surface area (Å²) in [5, 5.41) is 0. The molecule has 2 N–H and O–H groups in total. The summed E-state index contributed by atoms with van der Waals surface area (Å²) < 4.78 is 9.55. The van der Waals surface area contributed by atoms with Gasteiger partial charge in [-0.3, -0.25) is 4.79 Å². The largest absolute Gasteiger partial charge is 0.465 e. The van der Waals surface area contributed by atoms with Gasteiger partial charge in [0.05, 0.1) is 6.61 Å². The molecule has 0 rings (SSSR count). The van der Waals surface area contributed by atoms with Crippen molar-refractivity contribution in [3.63, 3.8) is 0 Å². The molecule has 0 aromatic rings. The highest BCUT2D eigenvalue weighted by molar-refractivity contribution is 5.75. The Balaban J connectivity index is 3.42. The number of rotatable bonds is 6. The Morgan fingerprint density at radius 3 is 2.75 bits per heavy atom. The first-order chi connectivity index (χ1) is 5.72. The molecule has 0 aliphatic heterocycles. The highest BCUT2D eigenvalue weighted by Crippen LogP contribution is 1.96. The number of methoxy groups -OCH3 is 1. The van der Waals surface area contributed by atoms with Gasteiger partial charge >= 0.3 is 5.97 Å². The van der Waals surface area contributed by atoms with Gasteiger partial charge in [-0.2, -0.15) is 0 Å². The standard InChI is InChI=1S/C8H17NO3/c1-3-12-8(10)7(9)5-4-6-11-2/h7H,3-6,9H2,1-2H3. The first-order valence-corrected chi connectivity index (χ1v) is 4.13. The van der Waals surface area contributed by atoms with Crippen LogP contribution in [-0.2, 0) is 14.3 Å². The Kier molecular flexibility index (Phi) is 6.70. The molecule has 0 aromatic carbocycles. The molecule has 0 amide bonds. The van der Waals surface area contributed by atoms with Crippen LogP contribution in [0.25, 0.3) is 0 Å². The van der Waals surface area contributed by atoms with Crippen molar-refractivity contribution in [1.29, 1.82) is 0 Å². The van der Waals surface area contributed by atoms with Crippen LogP contribution in [0.1, 0.15) is 19.8 Å². The number of carbonyl (C=O) groups excluding carboxylic acids is 1. The molecular weight excluding hydrogens is 158 g/mol. The summed E-state index contributed by atoms with van der Waals surface area (Å²) in [6, 6.07) is -0.500. The molecule has 0 bridgehead atoms. The van der Waals surface area contributed by atoms with E-state index >= 15 is 0 Å². The summed E-state index contributed by atoms with van der Waals surface area (Å²) in [6.45, 7) is 2.78. The number of esters is 1. The van der Waals surface area contributed by atoms with E-state index in [0.29, 0.717) is 19.6 Å². The predicted molar refractivity (Wildman–Crippen MR) is 45.7 cm³/mol. The van der Waals surface area contributed by atoms with Crippen molar-refractivity contribution in [3.05, 3.63) is 0 Å². The number of carbonyl (C=O) groups is 1. The molecule has 0 heterocycles. The number of hydrogen-bond acceptors (Lipinski definition) is 4. The highest BCUT2D eigenvalue weighted by Gasteiger charge is 2.12. The molecule has 4 heteroatoms. The third-order valence-corrected chi connectivity index (χ3v) is 1.45. The molecule has 0 aromatic heterocycles. The molecule has 1 unspecified atom stereocenters. The Morgan fingerprint density at radius 1 is 1.58 bits per heavy atom. The molecule has 0 aliphatic carbocycles. The molecular formula is C8H17NO3. The fraction of sp³-hybridized carbons (Fsp3) is 0.875. The number of hydrogen-bond donors (Lipinski definition) is 1. The normalized spacial score (nSPS) is 12.6. The first kappa shape index (κ1) is 11.4. The Morgan fingerprint density at radius 2 is 2.25 bits per heavy atom. The SMILES string of the molecule is CCOC(=O)C(N)CCCOC. The highest BCUT2D eigenvalue weighted by atomic mass is 16.5. The van der Waals surface area contributed by atoms with E-state index in [-0.39, 0.29) is 5.97 Å². The summed E-state index contributed by atoms with van der Waals surface area (Å²) in [4.78, 5) is 10.9. The van der Waals surface area contributed by atoms with E-state index in [4.69, 9.17) is 15.2 Å². The first-order valence-electron chi connectivity index (χ1n) is 4.13. The van der Waals surface area contributed by atoms with E-state index in [1.54, 1.807) is 14.0 Å². The topological polar surface area (TPSA) is 61.5 Å². The Labute approximate surface area is 73.0 Å². The maximum atomic E-state index is 10.9. The van der Waals surface area contributed by atoms with Gasteiger partial charge in [0.25, 0.3) is 0 Å². The van der Waals surface area contributed by atoms with Gasteiger partial charge in [-0.25, -0.2) is 0 Å². The Bertz CT molecular complexity index is 127. The van der Waals surface area contributed by atoms with Crippen molar-refractivity contribution in [3.8, 4) is 0 Å². The van der Waals surface area contributed by atoms with Gasteiger partial charge in [0.1, 0.15) is 6.04 Å². The van der Waals surface area contributed by atoms with Crippen molar-refractivity contribution in [2.24, 2.45) is 5.73 Å². The maximum Gasteiger partial charge on any atom is 0.322 e. The summed E-state index contributed by atoms with van der Waals surface area (Å²) in [7, 11) is 1.62. The third-order valence-electron chi connectivity index (χ3n) is 1.45. The molecule has 72 valence electrons. The summed E-state index contributed by atoms with van der Waals surface area (Å²) >= 11 is 0. The van der Waals surface area contributed by atoms with Crippen LogP contribution in [0.2, 0.25) is 0 Å². The van der Waals surface area contributed by atoms with Crippen LogP contribution < -0.4 is 5.73 Å². The third kappa shape index (κ3) is 5.09. The summed E-state index contributed by atoms with van der Waals surface area (Å²) in [5.41, 5.74) is 5.51. The Hall–Kier alpha value is -0.610. The molecule has 12 heavy (non-hydrogen) atoms. The molecule has 0 spiro atoms. The zero-order valence-corrected chi connectivity index (χ0v) is 7.71. The van der Waals surface area contributed by atoms with E-state index in [0.717, 1.165) is 6.42 Å². The van der Waals surface area contributed by atoms with Crippen molar-refractivity contribution in [2.75, 3.05) is 20.3 Å². The molecule has 0 saturated heterocycles. The van der Waals surface area contributed by atoms with Gasteiger partial charge < -0.3 is 15.2 Å². The zero-order chi connectivity index (χ0) is 9.40. The fourth-order valence-corrected chi connectivity index (χ4v) is 0.815. The second-order valence-corrected chi connectivity index (χ2v) is 2.49. The van der Waals surface area contributed by atoms with Crippen molar-refractivity contribution in [1.82, 2.24) is 0 Å². The lowest BCUT2D eigenvalue weighted by Crippen LogP contribution is -2.32. The second-order valence-electron chi connectivity index (χ2n) is 2.49. The van der Waals surface area contributed by atoms with Crippen LogP contribution >= 0.6 is 0 Å². The van der Waals surface area contributed by atoms with Crippen molar-refractivity contribution in [2.45, 2.75) is 25.8 Å². The maximum absolute atomic E-state index is 10.9. The van der Waals surface area contributed by atoms with Gasteiger partial charge in [-0.1, -0.05) is 0 Å². The number of ether oxygens (including phenoxy) is 2. The molecule has 0 saturated carbocycles. The van der Waals surface area contributed by atoms with Crippen LogP contribution in [0.3, 0.4) is 0 Å². The lowest BCUT2D eigenvalue weighted by atomic mass is 10.2. The van der Waals surface area contributed by atoms with Crippen LogP contribution in [0.4, 0.5) is 0 Å². The minimum atomic E-state index is -0.500. The average molecular weight is 175 g/mol. The molecule has 4 nitrogen and oxygen atoms in total. The minimum absolute atomic E-state index is 0.325. The van der Waals surface area contributed by atoms with Gasteiger partial charge in [0.15, 0.2) is 0 Å². The smallest absolute Gasteiger partial charge is 0.322 e. The van der Waals surface area contributed by atoms with Gasteiger partial charge in [-0.15, -0.1) is 0 Å². The monoisotopic (exact) mass is 175 g/mol. The van der Waals surface area contributed by atoms with E-state index in [2.05, 4.69) is 0 Å². The molecule has 1 atom stereocenters. The summed E-state index contributed by atoms with van der Waals surface area (Å²) in [5.74, 6) is -0.325. The van der Waals surface area contributed by atoms with Crippen LogP contribution in [0.15, 0.2) is 0 Å². The van der Waals surface area contributed by atoms with E-state index < -0.39 is 6.04 Å². The molecule has 0 fully saturated rings. The minimum Gasteiger partial charge on any atom is -0.465 e. The lowest BCUT2D eigenvalue weighted by molar-refractivity contribution is -0.144. The van der Waals surface area contributed by atoms with Gasteiger partial charge in [0, 0.05) is 13.7 Å². The second kappa shape index (κ2) is 7.06. The van der Waals surface area contributed by atoms with Crippen LogP contribution in [0.5, 0.6) is 0 Å². The fourth-order valence-electron chi connectivity index (χ4n) is 0.815. The predicted octanol–water partition coefficient (Wildman–Crippen LogP) is 0.303. The van der Waals surface area contributed by atoms with Gasteiger partial charge in [0.2, 0.25) is 0 Å². The zero-order valence-electron chi connectivity index (χ0n) is 7.71. The molecule has 0 radical (unpaired) electrons. The average Bonchev–Trinajstić information content (AvgIpc) is 2.05.